The molecule has 0 radical (unpaired) electrons. The van der Waals surface area contributed by atoms with Gasteiger partial charge in [-0.15, -0.1) is 6.42 Å². The molecule has 0 saturated heterocycles. The van der Waals surface area contributed by atoms with Crippen molar-refractivity contribution in [3.05, 3.63) is 30.0 Å². The van der Waals surface area contributed by atoms with E-state index in [1.165, 1.54) is 11.8 Å². The van der Waals surface area contributed by atoms with Crippen LogP contribution in [0.25, 0.3) is 11.0 Å². The Balaban J connectivity index is 1.67. The van der Waals surface area contributed by atoms with E-state index >= 15 is 0 Å². The molecule has 0 fully saturated rings. The Bertz CT molecular complexity index is 1130. The molecule has 156 valence electrons. The van der Waals surface area contributed by atoms with Crippen molar-refractivity contribution >= 4 is 28.6 Å². The summed E-state index contributed by atoms with van der Waals surface area (Å²) in [6.07, 6.45) is 7.46. The Labute approximate surface area is 180 Å². The number of terminal acetylenes is 1. The SMILES string of the molecule is C#Cc1cc2c(cc1Sc1nc3c(N)nccc3n1CCNCC(C)(C)C)OCO2. The summed E-state index contributed by atoms with van der Waals surface area (Å²) in [6.45, 7) is 9.31. The second-order valence-electron chi connectivity index (χ2n) is 8.30. The summed E-state index contributed by atoms with van der Waals surface area (Å²) >= 11 is 1.49. The highest BCUT2D eigenvalue weighted by molar-refractivity contribution is 7.99. The first-order valence-corrected chi connectivity index (χ1v) is 10.6. The number of anilines is 1. The van der Waals surface area contributed by atoms with Gasteiger partial charge in [-0.3, -0.25) is 0 Å². The van der Waals surface area contributed by atoms with Crippen LogP contribution in [-0.4, -0.2) is 34.4 Å². The fraction of sp³-hybridized carbons (Fsp3) is 0.364. The van der Waals surface area contributed by atoms with Gasteiger partial charge in [0.1, 0.15) is 5.52 Å². The van der Waals surface area contributed by atoms with E-state index in [1.54, 1.807) is 6.20 Å². The van der Waals surface area contributed by atoms with E-state index in [4.69, 9.17) is 26.6 Å². The van der Waals surface area contributed by atoms with E-state index in [9.17, 15) is 0 Å². The predicted octanol–water partition coefficient (Wildman–Crippen LogP) is 3.51. The summed E-state index contributed by atoms with van der Waals surface area (Å²) in [5, 5.41) is 4.32. The summed E-state index contributed by atoms with van der Waals surface area (Å²) in [6, 6.07) is 5.68. The minimum atomic E-state index is 0.202. The van der Waals surface area contributed by atoms with Crippen molar-refractivity contribution < 1.29 is 9.47 Å². The molecule has 8 heteroatoms. The molecule has 30 heavy (non-hydrogen) atoms. The quantitative estimate of drug-likeness (QED) is 0.463. The number of fused-ring (bicyclic) bond motifs is 2. The molecule has 7 nitrogen and oxygen atoms in total. The molecule has 3 N–H and O–H groups in total. The second kappa shape index (κ2) is 8.09. The number of ether oxygens (including phenoxy) is 2. The fourth-order valence-corrected chi connectivity index (χ4v) is 4.25. The number of nitrogen functional groups attached to an aromatic ring is 1. The Morgan fingerprint density at radius 1 is 1.30 bits per heavy atom. The maximum atomic E-state index is 6.09. The lowest BCUT2D eigenvalue weighted by Gasteiger charge is -2.19. The van der Waals surface area contributed by atoms with Crippen LogP contribution >= 0.6 is 11.8 Å². The molecule has 0 bridgehead atoms. The number of nitrogens with zero attached hydrogens (tertiary/aromatic N) is 3. The van der Waals surface area contributed by atoms with Crippen LogP contribution in [0.1, 0.15) is 26.3 Å². The normalized spacial score (nSPS) is 13.0. The number of pyridine rings is 1. The Morgan fingerprint density at radius 2 is 2.07 bits per heavy atom. The van der Waals surface area contributed by atoms with E-state index in [0.717, 1.165) is 40.8 Å². The van der Waals surface area contributed by atoms with Gasteiger partial charge in [0.05, 0.1) is 5.52 Å². The summed E-state index contributed by atoms with van der Waals surface area (Å²) < 4.78 is 13.1. The predicted molar refractivity (Wildman–Crippen MR) is 119 cm³/mol. The summed E-state index contributed by atoms with van der Waals surface area (Å²) in [5.41, 5.74) is 8.69. The Morgan fingerprint density at radius 3 is 2.80 bits per heavy atom. The minimum Gasteiger partial charge on any atom is -0.454 e. The van der Waals surface area contributed by atoms with Crippen molar-refractivity contribution in [2.45, 2.75) is 37.4 Å². The number of imidazole rings is 1. The zero-order chi connectivity index (χ0) is 21.3. The molecule has 0 saturated carbocycles. The van der Waals surface area contributed by atoms with Gasteiger partial charge in [-0.05, 0) is 17.5 Å². The number of nitrogens with two attached hydrogens (primary N) is 1. The highest BCUT2D eigenvalue weighted by Crippen LogP contribution is 2.41. The molecule has 2 aromatic heterocycles. The molecule has 1 aliphatic heterocycles. The maximum absolute atomic E-state index is 6.09. The number of hydrogen-bond donors (Lipinski definition) is 2. The third kappa shape index (κ3) is 4.18. The number of aromatic nitrogens is 3. The first kappa shape index (κ1) is 20.4. The third-order valence-corrected chi connectivity index (χ3v) is 5.71. The van der Waals surface area contributed by atoms with Crippen LogP contribution in [0.15, 0.2) is 34.4 Å². The number of benzene rings is 1. The van der Waals surface area contributed by atoms with Gasteiger partial charge in [0.2, 0.25) is 6.79 Å². The average molecular weight is 424 g/mol. The lowest BCUT2D eigenvalue weighted by Crippen LogP contribution is -2.29. The minimum absolute atomic E-state index is 0.202. The van der Waals surface area contributed by atoms with Gasteiger partial charge in [-0.2, -0.15) is 0 Å². The van der Waals surface area contributed by atoms with E-state index in [1.807, 2.05) is 18.2 Å². The first-order valence-electron chi connectivity index (χ1n) is 9.75. The van der Waals surface area contributed by atoms with Crippen molar-refractivity contribution in [3.63, 3.8) is 0 Å². The van der Waals surface area contributed by atoms with Gasteiger partial charge < -0.3 is 25.1 Å². The molecule has 4 rings (SSSR count). The van der Waals surface area contributed by atoms with E-state index in [2.05, 4.69) is 41.6 Å². The van der Waals surface area contributed by atoms with Gasteiger partial charge >= 0.3 is 0 Å². The van der Waals surface area contributed by atoms with Crippen LogP contribution in [0.3, 0.4) is 0 Å². The van der Waals surface area contributed by atoms with Gasteiger partial charge in [0.15, 0.2) is 22.5 Å². The van der Waals surface area contributed by atoms with Crippen molar-refractivity contribution in [2.24, 2.45) is 5.41 Å². The molecular weight excluding hydrogens is 398 g/mol. The third-order valence-electron chi connectivity index (χ3n) is 4.66. The van der Waals surface area contributed by atoms with Crippen molar-refractivity contribution in [2.75, 3.05) is 25.6 Å². The summed E-state index contributed by atoms with van der Waals surface area (Å²) in [5.74, 6) is 4.51. The monoisotopic (exact) mass is 423 g/mol. The molecule has 0 amide bonds. The van der Waals surface area contributed by atoms with Gasteiger partial charge in [-0.25, -0.2) is 9.97 Å². The zero-order valence-corrected chi connectivity index (χ0v) is 18.2. The molecule has 0 spiro atoms. The Hall–Kier alpha value is -2.89. The molecule has 3 aromatic rings. The average Bonchev–Trinajstić information content (AvgIpc) is 3.29. The van der Waals surface area contributed by atoms with Gasteiger partial charge in [0.25, 0.3) is 0 Å². The van der Waals surface area contributed by atoms with Crippen LogP contribution in [-0.2, 0) is 6.54 Å². The highest BCUT2D eigenvalue weighted by atomic mass is 32.2. The topological polar surface area (TPSA) is 87.2 Å². The molecule has 0 atom stereocenters. The summed E-state index contributed by atoms with van der Waals surface area (Å²) in [7, 11) is 0. The number of rotatable bonds is 6. The van der Waals surface area contributed by atoms with Crippen LogP contribution in [0.2, 0.25) is 0 Å². The van der Waals surface area contributed by atoms with Crippen molar-refractivity contribution in [1.29, 1.82) is 0 Å². The number of hydrogen-bond acceptors (Lipinski definition) is 7. The molecule has 0 unspecified atom stereocenters. The largest absolute Gasteiger partial charge is 0.454 e. The first-order chi connectivity index (χ1) is 14.4. The van der Waals surface area contributed by atoms with Crippen LogP contribution in [0.5, 0.6) is 11.5 Å². The van der Waals surface area contributed by atoms with Crippen LogP contribution < -0.4 is 20.5 Å². The van der Waals surface area contributed by atoms with E-state index < -0.39 is 0 Å². The molecule has 0 aliphatic carbocycles. The standard InChI is InChI=1S/C22H25N5O2S/c1-5-14-10-16-17(29-13-28-16)11-18(14)30-21-26-19-15(6-7-25-20(19)23)27(21)9-8-24-12-22(2,3)4/h1,6-7,10-11,24H,8-9,12-13H2,2-4H3,(H2,23,25). The molecule has 1 aromatic carbocycles. The molecular formula is C22H25N5O2S. The maximum Gasteiger partial charge on any atom is 0.231 e. The van der Waals surface area contributed by atoms with E-state index in [-0.39, 0.29) is 12.2 Å². The lowest BCUT2D eigenvalue weighted by molar-refractivity contribution is 0.174. The van der Waals surface area contributed by atoms with Gasteiger partial charge in [0, 0.05) is 42.4 Å². The highest BCUT2D eigenvalue weighted by Gasteiger charge is 2.20. The van der Waals surface area contributed by atoms with Crippen LogP contribution in [0.4, 0.5) is 5.82 Å². The number of nitrogens with one attached hydrogen (secondary N) is 1. The van der Waals surface area contributed by atoms with Crippen LogP contribution in [0, 0.1) is 17.8 Å². The molecule has 3 heterocycles. The van der Waals surface area contributed by atoms with Crippen molar-refractivity contribution in [3.8, 4) is 23.8 Å². The zero-order valence-electron chi connectivity index (χ0n) is 17.4. The van der Waals surface area contributed by atoms with Crippen molar-refractivity contribution in [1.82, 2.24) is 19.9 Å². The smallest absolute Gasteiger partial charge is 0.231 e. The second-order valence-corrected chi connectivity index (χ2v) is 9.30. The fourth-order valence-electron chi connectivity index (χ4n) is 3.22. The van der Waals surface area contributed by atoms with E-state index in [0.29, 0.717) is 22.8 Å². The summed E-state index contributed by atoms with van der Waals surface area (Å²) in [4.78, 5) is 9.84. The lowest BCUT2D eigenvalue weighted by atomic mass is 9.97. The Kier molecular flexibility index (Phi) is 5.50. The van der Waals surface area contributed by atoms with Gasteiger partial charge in [-0.1, -0.05) is 38.5 Å². The molecule has 1 aliphatic rings.